The second-order valence-electron chi connectivity index (χ2n) is 7.50. The van der Waals surface area contributed by atoms with Crippen LogP contribution in [0.1, 0.15) is 15.9 Å². The van der Waals surface area contributed by atoms with Gasteiger partial charge >= 0.3 is 0 Å². The van der Waals surface area contributed by atoms with Crippen molar-refractivity contribution in [3.8, 4) is 17.0 Å². The van der Waals surface area contributed by atoms with Gasteiger partial charge in [0.05, 0.1) is 24.4 Å². The highest BCUT2D eigenvalue weighted by Gasteiger charge is 2.14. The third-order valence-electron chi connectivity index (χ3n) is 5.06. The average molecular weight is 530 g/mol. The lowest BCUT2D eigenvalue weighted by molar-refractivity contribution is 0.0976. The molecular weight excluding hydrogens is 511 g/mol. The number of methoxy groups -OCH3 is 1. The van der Waals surface area contributed by atoms with Crippen LogP contribution >= 0.6 is 23.2 Å². The zero-order chi connectivity index (χ0) is 25.7. The summed E-state index contributed by atoms with van der Waals surface area (Å²) in [7, 11) is 1.58. The molecule has 184 valence electrons. The van der Waals surface area contributed by atoms with Gasteiger partial charge in [-0.2, -0.15) is 5.10 Å². The van der Waals surface area contributed by atoms with Crippen LogP contribution in [0, 0.1) is 11.6 Å². The molecule has 36 heavy (non-hydrogen) atoms. The zero-order valence-corrected chi connectivity index (χ0v) is 20.3. The molecule has 0 saturated heterocycles. The quantitative estimate of drug-likeness (QED) is 0.209. The Hall–Kier alpha value is -3.95. The highest BCUT2D eigenvalue weighted by atomic mass is 35.5. The van der Waals surface area contributed by atoms with E-state index in [1.54, 1.807) is 13.2 Å². The van der Waals surface area contributed by atoms with Crippen molar-refractivity contribution < 1.29 is 18.3 Å². The number of hydrogen-bond acceptors (Lipinski definition) is 4. The molecule has 0 atom stereocenters. The number of halogens is 4. The molecule has 4 aromatic rings. The lowest BCUT2D eigenvalue weighted by Gasteiger charge is -2.11. The van der Waals surface area contributed by atoms with Crippen LogP contribution in [0.15, 0.2) is 71.7 Å². The smallest absolute Gasteiger partial charge is 0.258 e. The first-order chi connectivity index (χ1) is 17.3. The van der Waals surface area contributed by atoms with Gasteiger partial charge in [0.15, 0.2) is 5.82 Å². The number of rotatable bonds is 6. The van der Waals surface area contributed by atoms with E-state index in [4.69, 9.17) is 27.9 Å². The van der Waals surface area contributed by atoms with Gasteiger partial charge in [-0.15, -0.1) is 0 Å². The topological polar surface area (TPSA) is 91.4 Å². The lowest BCUT2D eigenvalue weighted by atomic mass is 10.1. The van der Waals surface area contributed by atoms with Crippen LogP contribution in [0.2, 0.25) is 10.0 Å². The van der Waals surface area contributed by atoms with Crippen LogP contribution in [-0.2, 0) is 6.54 Å². The van der Waals surface area contributed by atoms with Crippen molar-refractivity contribution in [1.82, 2.24) is 15.5 Å². The number of nitrogens with zero attached hydrogens (tertiary/aromatic N) is 2. The van der Waals surface area contributed by atoms with Crippen molar-refractivity contribution in [1.29, 1.82) is 0 Å². The summed E-state index contributed by atoms with van der Waals surface area (Å²) in [5.41, 5.74) is 2.12. The molecule has 0 spiro atoms. The average Bonchev–Trinajstić information content (AvgIpc) is 3.33. The molecule has 1 heterocycles. The number of carbonyl (C=O) groups is 1. The molecule has 1 amide bonds. The molecule has 0 fully saturated rings. The van der Waals surface area contributed by atoms with E-state index in [1.165, 1.54) is 30.3 Å². The molecule has 4 rings (SSSR count). The number of aliphatic imine (C=N–C) groups is 1. The lowest BCUT2D eigenvalue weighted by Crippen LogP contribution is -2.36. The summed E-state index contributed by atoms with van der Waals surface area (Å²) < 4.78 is 32.4. The number of nitrogens with one attached hydrogen (secondary N) is 3. The summed E-state index contributed by atoms with van der Waals surface area (Å²) >= 11 is 11.8. The monoisotopic (exact) mass is 529 g/mol. The molecule has 3 N–H and O–H groups in total. The Balaban J connectivity index is 1.57. The molecule has 0 aliphatic carbocycles. The van der Waals surface area contributed by atoms with Crippen LogP contribution in [0.4, 0.5) is 14.6 Å². The maximum absolute atomic E-state index is 13.9. The number of benzene rings is 3. The number of aromatic nitrogens is 2. The summed E-state index contributed by atoms with van der Waals surface area (Å²) in [5.74, 6) is -0.757. The minimum absolute atomic E-state index is 0.0172. The Morgan fingerprint density at radius 3 is 2.50 bits per heavy atom. The van der Waals surface area contributed by atoms with Gasteiger partial charge in [-0.25, -0.2) is 13.8 Å². The molecule has 0 bridgehead atoms. The number of H-pyrrole nitrogens is 1. The van der Waals surface area contributed by atoms with Gasteiger partial charge in [0.1, 0.15) is 17.4 Å². The summed E-state index contributed by atoms with van der Waals surface area (Å²) in [4.78, 5) is 17.1. The summed E-state index contributed by atoms with van der Waals surface area (Å²) in [6, 6.07) is 16.7. The highest BCUT2D eigenvalue weighted by molar-refractivity contribution is 6.31. The summed E-state index contributed by atoms with van der Waals surface area (Å²) in [6.07, 6.45) is 0. The standard InChI is InChI=1S/C25H19Cl2F2N5O2/c1-36-18-7-3-14(4-8-18)22-12-23(34-33-22)31-25(30-13-16-2-6-17(28)11-20(16)27)32-24(35)15-5-9-19(26)21(29)10-15/h2-12H,13H2,1H3,(H3,30,31,32,33,34,35). The van der Waals surface area contributed by atoms with Gasteiger partial charge < -0.3 is 10.1 Å². The van der Waals surface area contributed by atoms with Gasteiger partial charge in [0.25, 0.3) is 5.91 Å². The van der Waals surface area contributed by atoms with E-state index < -0.39 is 17.5 Å². The Bertz CT molecular complexity index is 1420. The maximum Gasteiger partial charge on any atom is 0.258 e. The third kappa shape index (κ3) is 6.18. The first-order valence-corrected chi connectivity index (χ1v) is 11.3. The third-order valence-corrected chi connectivity index (χ3v) is 5.72. The summed E-state index contributed by atoms with van der Waals surface area (Å²) in [6.45, 7) is 0.0203. The Morgan fingerprint density at radius 2 is 1.81 bits per heavy atom. The number of amides is 1. The molecule has 0 radical (unpaired) electrons. The van der Waals surface area contributed by atoms with Crippen molar-refractivity contribution in [3.05, 3.63) is 99.5 Å². The van der Waals surface area contributed by atoms with Crippen molar-refractivity contribution in [2.75, 3.05) is 12.4 Å². The molecule has 7 nitrogen and oxygen atoms in total. The first-order valence-electron chi connectivity index (χ1n) is 10.5. The molecule has 0 aliphatic rings. The maximum atomic E-state index is 13.9. The van der Waals surface area contributed by atoms with E-state index in [0.29, 0.717) is 22.8 Å². The van der Waals surface area contributed by atoms with E-state index in [2.05, 4.69) is 25.8 Å². The largest absolute Gasteiger partial charge is 0.497 e. The van der Waals surface area contributed by atoms with Crippen LogP contribution in [0.3, 0.4) is 0 Å². The summed E-state index contributed by atoms with van der Waals surface area (Å²) in [5, 5.41) is 12.7. The predicted molar refractivity (Wildman–Crippen MR) is 136 cm³/mol. The number of guanidine groups is 1. The van der Waals surface area contributed by atoms with E-state index in [9.17, 15) is 13.6 Å². The van der Waals surface area contributed by atoms with Gasteiger partial charge in [-0.3, -0.25) is 15.2 Å². The number of hydrogen-bond donors (Lipinski definition) is 3. The van der Waals surface area contributed by atoms with Crippen molar-refractivity contribution >= 4 is 40.9 Å². The molecule has 0 unspecified atom stereocenters. The molecule has 3 aromatic carbocycles. The van der Waals surface area contributed by atoms with E-state index in [0.717, 1.165) is 11.6 Å². The first kappa shape index (κ1) is 25.2. The molecule has 11 heteroatoms. The SMILES string of the molecule is COc1ccc(-c2cc(NC(=NCc3ccc(F)cc3Cl)NC(=O)c3ccc(Cl)c(F)c3)n[nH]2)cc1. The Kier molecular flexibility index (Phi) is 7.82. The molecule has 0 saturated carbocycles. The van der Waals surface area contributed by atoms with Crippen LogP contribution in [0.25, 0.3) is 11.3 Å². The zero-order valence-electron chi connectivity index (χ0n) is 18.8. The number of carbonyl (C=O) groups excluding carboxylic acids is 1. The molecule has 0 aliphatic heterocycles. The predicted octanol–water partition coefficient (Wildman–Crippen LogP) is 6.07. The van der Waals surface area contributed by atoms with E-state index in [1.807, 2.05) is 24.3 Å². The van der Waals surface area contributed by atoms with Gasteiger partial charge in [0.2, 0.25) is 5.96 Å². The minimum Gasteiger partial charge on any atom is -0.497 e. The fraction of sp³-hybridized carbons (Fsp3) is 0.0800. The second-order valence-corrected chi connectivity index (χ2v) is 8.32. The molecule has 1 aromatic heterocycles. The Labute approximate surface area is 215 Å². The van der Waals surface area contributed by atoms with Crippen molar-refractivity contribution in [3.63, 3.8) is 0 Å². The van der Waals surface area contributed by atoms with Gasteiger partial charge in [-0.05, 0) is 65.7 Å². The normalized spacial score (nSPS) is 11.3. The number of ether oxygens (including phenoxy) is 1. The van der Waals surface area contributed by atoms with E-state index >= 15 is 0 Å². The number of anilines is 1. The van der Waals surface area contributed by atoms with Crippen LogP contribution in [0.5, 0.6) is 5.75 Å². The van der Waals surface area contributed by atoms with Crippen molar-refractivity contribution in [2.45, 2.75) is 6.54 Å². The van der Waals surface area contributed by atoms with Crippen molar-refractivity contribution in [2.24, 2.45) is 4.99 Å². The Morgan fingerprint density at radius 1 is 1.03 bits per heavy atom. The highest BCUT2D eigenvalue weighted by Crippen LogP contribution is 2.23. The molecular formula is C25H19Cl2F2N5O2. The van der Waals surface area contributed by atoms with Gasteiger partial charge in [0, 0.05) is 16.7 Å². The van der Waals surface area contributed by atoms with Crippen LogP contribution in [-0.4, -0.2) is 29.2 Å². The fourth-order valence-electron chi connectivity index (χ4n) is 3.17. The van der Waals surface area contributed by atoms with Gasteiger partial charge in [-0.1, -0.05) is 29.3 Å². The fourth-order valence-corrected chi connectivity index (χ4v) is 3.51. The number of aromatic amines is 1. The van der Waals surface area contributed by atoms with E-state index in [-0.39, 0.29) is 28.1 Å². The van der Waals surface area contributed by atoms with Crippen LogP contribution < -0.4 is 15.4 Å². The second kappa shape index (κ2) is 11.2. The minimum atomic E-state index is -0.731.